The van der Waals surface area contributed by atoms with Crippen LogP contribution < -0.4 is 29.7 Å². The maximum atomic E-state index is 6.08. The Morgan fingerprint density at radius 3 is 2.25 bits per heavy atom. The second-order valence-corrected chi connectivity index (χ2v) is 7.89. The molecule has 1 aliphatic heterocycles. The highest BCUT2D eigenvalue weighted by molar-refractivity contribution is 5.80. The summed E-state index contributed by atoms with van der Waals surface area (Å²) in [6.07, 6.45) is 3.05. The van der Waals surface area contributed by atoms with Crippen molar-refractivity contribution < 1.29 is 14.2 Å². The summed E-state index contributed by atoms with van der Waals surface area (Å²) < 4.78 is 16.9. The third-order valence-corrected chi connectivity index (χ3v) is 5.76. The fourth-order valence-electron chi connectivity index (χ4n) is 3.82. The van der Waals surface area contributed by atoms with E-state index in [9.17, 15) is 0 Å². The van der Waals surface area contributed by atoms with Gasteiger partial charge in [0.25, 0.3) is 0 Å². The molecule has 1 saturated heterocycles. The van der Waals surface area contributed by atoms with Gasteiger partial charge in [0.05, 0.1) is 20.8 Å². The summed E-state index contributed by atoms with van der Waals surface area (Å²) in [5.41, 5.74) is 1.13. The zero-order valence-corrected chi connectivity index (χ0v) is 19.6. The van der Waals surface area contributed by atoms with Gasteiger partial charge in [0.1, 0.15) is 23.4 Å². The molecular formula is C25H36N4O3. The molecule has 1 heterocycles. The lowest BCUT2D eigenvalue weighted by Gasteiger charge is -2.35. The molecule has 0 spiro atoms. The summed E-state index contributed by atoms with van der Waals surface area (Å²) in [6.45, 7) is 4.75. The van der Waals surface area contributed by atoms with Crippen LogP contribution in [0.15, 0.2) is 53.5 Å². The number of hydrogen-bond acceptors (Lipinski definition) is 5. The van der Waals surface area contributed by atoms with Crippen molar-refractivity contribution in [3.63, 3.8) is 0 Å². The monoisotopic (exact) mass is 440 g/mol. The minimum Gasteiger partial charge on any atom is -0.497 e. The fourth-order valence-corrected chi connectivity index (χ4v) is 3.82. The van der Waals surface area contributed by atoms with Crippen LogP contribution in [-0.2, 0) is 0 Å². The zero-order valence-electron chi connectivity index (χ0n) is 19.6. The molecule has 0 amide bonds. The van der Waals surface area contributed by atoms with Crippen molar-refractivity contribution in [3.05, 3.63) is 48.5 Å². The van der Waals surface area contributed by atoms with Gasteiger partial charge in [-0.25, -0.2) is 0 Å². The number of nitrogens with zero attached hydrogens (tertiary/aromatic N) is 2. The molecule has 7 nitrogen and oxygen atoms in total. The first-order valence-corrected chi connectivity index (χ1v) is 11.3. The Balaban J connectivity index is 1.48. The van der Waals surface area contributed by atoms with Gasteiger partial charge in [0.2, 0.25) is 0 Å². The predicted octanol–water partition coefficient (Wildman–Crippen LogP) is 3.70. The van der Waals surface area contributed by atoms with Gasteiger partial charge < -0.3 is 29.7 Å². The number of hydrogen-bond donors (Lipinski definition) is 2. The molecule has 0 bridgehead atoms. The number of methoxy groups -OCH3 is 2. The Hall–Kier alpha value is -3.09. The minimum atomic E-state index is 0.0841. The maximum absolute atomic E-state index is 6.08. The van der Waals surface area contributed by atoms with E-state index in [1.807, 2.05) is 43.4 Å². The van der Waals surface area contributed by atoms with Crippen LogP contribution in [0.1, 0.15) is 26.2 Å². The Morgan fingerprint density at radius 2 is 1.69 bits per heavy atom. The first kappa shape index (κ1) is 23.6. The maximum Gasteiger partial charge on any atom is 0.191 e. The smallest absolute Gasteiger partial charge is 0.191 e. The molecule has 2 aromatic carbocycles. The molecule has 1 aliphatic rings. The van der Waals surface area contributed by atoms with Crippen molar-refractivity contribution in [2.45, 2.75) is 38.3 Å². The van der Waals surface area contributed by atoms with Gasteiger partial charge in [-0.2, -0.15) is 0 Å². The standard InChI is InChI=1S/C25H36N4O3/c1-5-21(32-22-9-7-6-8-10-22)18-27-25(26-2)28-19-11-13-29(14-12-19)20-15-23(30-3)17-24(16-20)31-4/h6-10,15-17,19,21H,5,11-14,18H2,1-4H3,(H2,26,27,28). The SMILES string of the molecule is CCC(CNC(=NC)NC1CCN(c2cc(OC)cc(OC)c2)CC1)Oc1ccccc1. The van der Waals surface area contributed by atoms with Crippen molar-refractivity contribution in [3.8, 4) is 17.2 Å². The van der Waals surface area contributed by atoms with Gasteiger partial charge in [-0.05, 0) is 31.4 Å². The second kappa shape index (κ2) is 12.1. The van der Waals surface area contributed by atoms with Crippen molar-refractivity contribution in [1.82, 2.24) is 10.6 Å². The van der Waals surface area contributed by atoms with Crippen LogP contribution in [0.4, 0.5) is 5.69 Å². The van der Waals surface area contributed by atoms with Gasteiger partial charge >= 0.3 is 0 Å². The van der Waals surface area contributed by atoms with E-state index in [1.54, 1.807) is 14.2 Å². The predicted molar refractivity (Wildman–Crippen MR) is 130 cm³/mol. The molecule has 7 heteroatoms. The average molecular weight is 441 g/mol. The quantitative estimate of drug-likeness (QED) is 0.458. The van der Waals surface area contributed by atoms with Crippen LogP contribution in [0.3, 0.4) is 0 Å². The summed E-state index contributed by atoms with van der Waals surface area (Å²) in [6, 6.07) is 16.4. The van der Waals surface area contributed by atoms with Crippen molar-refractivity contribution >= 4 is 11.6 Å². The Kier molecular flexibility index (Phi) is 8.90. The average Bonchev–Trinajstić information content (AvgIpc) is 2.86. The molecule has 1 atom stereocenters. The van der Waals surface area contributed by atoms with Crippen LogP contribution >= 0.6 is 0 Å². The van der Waals surface area contributed by atoms with E-state index in [-0.39, 0.29) is 6.10 Å². The molecule has 1 fully saturated rings. The summed E-state index contributed by atoms with van der Waals surface area (Å²) in [5.74, 6) is 3.34. The van der Waals surface area contributed by atoms with E-state index in [4.69, 9.17) is 14.2 Å². The van der Waals surface area contributed by atoms with Crippen molar-refractivity contribution in [2.75, 3.05) is 45.8 Å². The molecule has 174 valence electrons. The normalized spacial score (nSPS) is 15.8. The fraction of sp³-hybridized carbons (Fsp3) is 0.480. The van der Waals surface area contributed by atoms with E-state index in [2.05, 4.69) is 39.6 Å². The van der Waals surface area contributed by atoms with E-state index in [0.29, 0.717) is 12.6 Å². The van der Waals surface area contributed by atoms with Crippen LogP contribution in [0, 0.1) is 0 Å². The number of nitrogens with one attached hydrogen (secondary N) is 2. The number of guanidine groups is 1. The highest BCUT2D eigenvalue weighted by atomic mass is 16.5. The van der Waals surface area contributed by atoms with Crippen LogP contribution in [0.2, 0.25) is 0 Å². The number of para-hydroxylation sites is 1. The lowest BCUT2D eigenvalue weighted by atomic mass is 10.0. The molecule has 2 aromatic rings. The summed E-state index contributed by atoms with van der Waals surface area (Å²) in [7, 11) is 5.18. The first-order chi connectivity index (χ1) is 15.6. The van der Waals surface area contributed by atoms with E-state index < -0.39 is 0 Å². The first-order valence-electron chi connectivity index (χ1n) is 11.3. The van der Waals surface area contributed by atoms with Crippen molar-refractivity contribution in [2.24, 2.45) is 4.99 Å². The Morgan fingerprint density at radius 1 is 1.03 bits per heavy atom. The van der Waals surface area contributed by atoms with Crippen LogP contribution in [0.5, 0.6) is 17.2 Å². The molecule has 0 radical (unpaired) electrons. The molecule has 0 saturated carbocycles. The lowest BCUT2D eigenvalue weighted by molar-refractivity contribution is 0.199. The molecule has 0 aromatic heterocycles. The summed E-state index contributed by atoms with van der Waals surface area (Å²) in [4.78, 5) is 6.79. The lowest BCUT2D eigenvalue weighted by Crippen LogP contribution is -2.50. The van der Waals surface area contributed by atoms with Gasteiger partial charge in [0.15, 0.2) is 5.96 Å². The number of ether oxygens (including phenoxy) is 3. The van der Waals surface area contributed by atoms with E-state index in [1.165, 1.54) is 0 Å². The molecule has 3 rings (SSSR count). The highest BCUT2D eigenvalue weighted by Crippen LogP contribution is 2.30. The number of aliphatic imine (C=N–C) groups is 1. The third-order valence-electron chi connectivity index (χ3n) is 5.76. The zero-order chi connectivity index (χ0) is 22.8. The Labute approximate surface area is 191 Å². The van der Waals surface area contributed by atoms with Gasteiger partial charge in [-0.3, -0.25) is 4.99 Å². The van der Waals surface area contributed by atoms with Gasteiger partial charge in [-0.1, -0.05) is 25.1 Å². The highest BCUT2D eigenvalue weighted by Gasteiger charge is 2.21. The van der Waals surface area contributed by atoms with Crippen LogP contribution in [-0.4, -0.2) is 59.0 Å². The third kappa shape index (κ3) is 6.70. The number of anilines is 1. The van der Waals surface area contributed by atoms with E-state index in [0.717, 1.165) is 61.2 Å². The van der Waals surface area contributed by atoms with Crippen LogP contribution in [0.25, 0.3) is 0 Å². The molecule has 1 unspecified atom stereocenters. The summed E-state index contributed by atoms with van der Waals surface area (Å²) in [5, 5.41) is 7.00. The number of piperidine rings is 1. The van der Waals surface area contributed by atoms with E-state index >= 15 is 0 Å². The summed E-state index contributed by atoms with van der Waals surface area (Å²) >= 11 is 0. The number of benzene rings is 2. The number of rotatable bonds is 9. The van der Waals surface area contributed by atoms with Crippen molar-refractivity contribution in [1.29, 1.82) is 0 Å². The minimum absolute atomic E-state index is 0.0841. The topological polar surface area (TPSA) is 67.4 Å². The Bertz CT molecular complexity index is 829. The molecule has 2 N–H and O–H groups in total. The second-order valence-electron chi connectivity index (χ2n) is 7.89. The molecule has 0 aliphatic carbocycles. The molecule has 32 heavy (non-hydrogen) atoms. The largest absolute Gasteiger partial charge is 0.497 e. The molecular weight excluding hydrogens is 404 g/mol. The van der Waals surface area contributed by atoms with Gasteiger partial charge in [0, 0.05) is 50.1 Å². The van der Waals surface area contributed by atoms with Gasteiger partial charge in [-0.15, -0.1) is 0 Å².